The lowest BCUT2D eigenvalue weighted by molar-refractivity contribution is -0.139. The number of nitrogens with zero attached hydrogens (tertiary/aromatic N) is 1. The van der Waals surface area contributed by atoms with Crippen molar-refractivity contribution in [2.24, 2.45) is 0 Å². The van der Waals surface area contributed by atoms with Gasteiger partial charge in [0, 0.05) is 12.8 Å². The minimum Gasteiger partial charge on any atom is -0.445 e. The van der Waals surface area contributed by atoms with Gasteiger partial charge in [-0.2, -0.15) is 0 Å². The number of carbonyl (C=O) groups is 1. The summed E-state index contributed by atoms with van der Waals surface area (Å²) in [6.45, 7) is -0.193. The van der Waals surface area contributed by atoms with Gasteiger partial charge in [-0.15, -0.1) is 0 Å². The second-order valence-corrected chi connectivity index (χ2v) is 7.68. The number of piperidine rings is 1. The Morgan fingerprint density at radius 2 is 1.48 bits per heavy atom. The second-order valence-electron chi connectivity index (χ2n) is 7.68. The fraction of sp³-hybridized carbons (Fsp3) is 0.381. The SMILES string of the molecule is O=C(OCc1ccccc1)N1C2COCC1CC(O)(c1c(F)c(F)c(F)c(F)c1F)C2. The molecule has 2 aliphatic rings. The van der Waals surface area contributed by atoms with Crippen LogP contribution in [0.2, 0.25) is 0 Å². The summed E-state index contributed by atoms with van der Waals surface area (Å²) in [7, 11) is 0. The smallest absolute Gasteiger partial charge is 0.410 e. The fourth-order valence-corrected chi connectivity index (χ4v) is 4.29. The van der Waals surface area contributed by atoms with Gasteiger partial charge in [0.1, 0.15) is 6.61 Å². The summed E-state index contributed by atoms with van der Waals surface area (Å²) in [6, 6.07) is 7.11. The number of morpholine rings is 1. The zero-order valence-electron chi connectivity index (χ0n) is 16.1. The molecule has 0 radical (unpaired) electrons. The van der Waals surface area contributed by atoms with Crippen molar-refractivity contribution in [2.45, 2.75) is 37.1 Å². The molecule has 0 saturated carbocycles. The van der Waals surface area contributed by atoms with Gasteiger partial charge in [0.05, 0.1) is 36.5 Å². The van der Waals surface area contributed by atoms with E-state index in [0.717, 1.165) is 5.56 Å². The Morgan fingerprint density at radius 3 is 2.03 bits per heavy atom. The molecule has 10 heteroatoms. The summed E-state index contributed by atoms with van der Waals surface area (Å²) in [4.78, 5) is 14.0. The molecule has 31 heavy (non-hydrogen) atoms. The number of ether oxygens (including phenoxy) is 2. The highest BCUT2D eigenvalue weighted by Gasteiger charge is 2.52. The van der Waals surface area contributed by atoms with Crippen LogP contribution in [0.15, 0.2) is 30.3 Å². The zero-order valence-corrected chi connectivity index (χ0v) is 16.1. The number of hydrogen-bond acceptors (Lipinski definition) is 4. The number of hydrogen-bond donors (Lipinski definition) is 1. The van der Waals surface area contributed by atoms with Crippen LogP contribution in [0.3, 0.4) is 0 Å². The fourth-order valence-electron chi connectivity index (χ4n) is 4.29. The van der Waals surface area contributed by atoms with E-state index in [1.54, 1.807) is 30.3 Å². The van der Waals surface area contributed by atoms with Gasteiger partial charge < -0.3 is 14.6 Å². The van der Waals surface area contributed by atoms with Crippen molar-refractivity contribution in [1.29, 1.82) is 0 Å². The largest absolute Gasteiger partial charge is 0.445 e. The maximum atomic E-state index is 14.4. The molecule has 0 spiro atoms. The lowest BCUT2D eigenvalue weighted by atomic mass is 9.76. The van der Waals surface area contributed by atoms with Crippen LogP contribution >= 0.6 is 0 Å². The minimum absolute atomic E-state index is 0.0155. The van der Waals surface area contributed by atoms with Crippen LogP contribution in [-0.2, 0) is 21.7 Å². The molecule has 0 aromatic heterocycles. The predicted molar refractivity (Wildman–Crippen MR) is 96.2 cm³/mol. The maximum Gasteiger partial charge on any atom is 0.410 e. The Labute approximate surface area is 174 Å². The summed E-state index contributed by atoms with van der Waals surface area (Å²) in [5.74, 6) is -10.7. The zero-order chi connectivity index (χ0) is 22.3. The lowest BCUT2D eigenvalue weighted by Crippen LogP contribution is -2.63. The van der Waals surface area contributed by atoms with Gasteiger partial charge in [-0.3, -0.25) is 4.90 Å². The standard InChI is InChI=1S/C21H18F5NO4/c22-15-14(16(23)18(25)19(26)17(15)24)21(29)6-12-9-30-10-13(7-21)27(12)20(28)31-8-11-4-2-1-3-5-11/h1-5,12-13,29H,6-10H2. The summed E-state index contributed by atoms with van der Waals surface area (Å²) in [6.07, 6.45) is -1.69. The molecular weight excluding hydrogens is 425 g/mol. The van der Waals surface area contributed by atoms with Crippen LogP contribution in [-0.4, -0.2) is 41.4 Å². The lowest BCUT2D eigenvalue weighted by Gasteiger charge is -2.50. The molecule has 1 N–H and O–H groups in total. The third kappa shape index (κ3) is 3.74. The summed E-state index contributed by atoms with van der Waals surface area (Å²) in [5.41, 5.74) is -2.93. The number of amides is 1. The average molecular weight is 443 g/mol. The average Bonchev–Trinajstić information content (AvgIpc) is 2.75. The van der Waals surface area contributed by atoms with Crippen LogP contribution in [0, 0.1) is 29.1 Å². The van der Waals surface area contributed by atoms with E-state index in [1.165, 1.54) is 4.90 Å². The van der Waals surface area contributed by atoms with Crippen molar-refractivity contribution in [3.63, 3.8) is 0 Å². The normalized spacial score (nSPS) is 25.4. The Balaban J connectivity index is 1.59. The van der Waals surface area contributed by atoms with Crippen molar-refractivity contribution in [1.82, 2.24) is 4.90 Å². The molecule has 2 bridgehead atoms. The van der Waals surface area contributed by atoms with E-state index in [-0.39, 0.29) is 19.8 Å². The number of fused-ring (bicyclic) bond motifs is 2. The van der Waals surface area contributed by atoms with E-state index in [9.17, 15) is 31.9 Å². The van der Waals surface area contributed by atoms with Crippen molar-refractivity contribution in [2.75, 3.05) is 13.2 Å². The van der Waals surface area contributed by atoms with Gasteiger partial charge in [-0.1, -0.05) is 30.3 Å². The highest BCUT2D eigenvalue weighted by molar-refractivity contribution is 5.69. The molecule has 166 valence electrons. The first kappa shape index (κ1) is 21.5. The maximum absolute atomic E-state index is 14.4. The third-order valence-electron chi connectivity index (χ3n) is 5.64. The molecule has 1 amide bonds. The molecule has 2 aromatic rings. The Hall–Kier alpha value is -2.72. The topological polar surface area (TPSA) is 59.0 Å². The Bertz CT molecular complexity index is 960. The van der Waals surface area contributed by atoms with Crippen LogP contribution < -0.4 is 0 Å². The predicted octanol–water partition coefficient (Wildman–Crippen LogP) is 3.77. The number of benzene rings is 2. The van der Waals surface area contributed by atoms with E-state index >= 15 is 0 Å². The highest BCUT2D eigenvalue weighted by atomic mass is 19.2. The van der Waals surface area contributed by atoms with Crippen LogP contribution in [0.25, 0.3) is 0 Å². The molecule has 2 atom stereocenters. The monoisotopic (exact) mass is 443 g/mol. The van der Waals surface area contributed by atoms with Crippen LogP contribution in [0.5, 0.6) is 0 Å². The number of aliphatic hydroxyl groups is 1. The molecule has 2 aliphatic heterocycles. The molecule has 2 saturated heterocycles. The van der Waals surface area contributed by atoms with Gasteiger partial charge in [0.2, 0.25) is 5.82 Å². The number of rotatable bonds is 3. The summed E-state index contributed by atoms with van der Waals surface area (Å²) >= 11 is 0. The van der Waals surface area contributed by atoms with E-state index < -0.39 is 71.3 Å². The van der Waals surface area contributed by atoms with Crippen LogP contribution in [0.4, 0.5) is 26.7 Å². The molecule has 2 heterocycles. The van der Waals surface area contributed by atoms with Gasteiger partial charge in [-0.25, -0.2) is 26.7 Å². The van der Waals surface area contributed by atoms with E-state index in [4.69, 9.17) is 9.47 Å². The van der Waals surface area contributed by atoms with Crippen molar-refractivity contribution in [3.8, 4) is 0 Å². The van der Waals surface area contributed by atoms with E-state index in [0.29, 0.717) is 0 Å². The number of halogens is 5. The quantitative estimate of drug-likeness (QED) is 0.446. The van der Waals surface area contributed by atoms with Gasteiger partial charge in [0.25, 0.3) is 0 Å². The Morgan fingerprint density at radius 1 is 0.968 bits per heavy atom. The van der Waals surface area contributed by atoms with Crippen LogP contribution in [0.1, 0.15) is 24.0 Å². The third-order valence-corrected chi connectivity index (χ3v) is 5.64. The molecule has 5 nitrogen and oxygen atoms in total. The first-order valence-electron chi connectivity index (χ1n) is 9.54. The minimum atomic E-state index is -2.38. The van der Waals surface area contributed by atoms with E-state index in [2.05, 4.69) is 0 Å². The second kappa shape index (κ2) is 8.08. The molecule has 0 aliphatic carbocycles. The van der Waals surface area contributed by atoms with E-state index in [1.807, 2.05) is 0 Å². The molecule has 2 unspecified atom stereocenters. The molecule has 2 aromatic carbocycles. The van der Waals surface area contributed by atoms with Crippen molar-refractivity contribution < 1.29 is 41.3 Å². The van der Waals surface area contributed by atoms with Gasteiger partial charge >= 0.3 is 6.09 Å². The van der Waals surface area contributed by atoms with Crippen molar-refractivity contribution in [3.05, 3.63) is 70.5 Å². The van der Waals surface area contributed by atoms with Crippen molar-refractivity contribution >= 4 is 6.09 Å². The highest BCUT2D eigenvalue weighted by Crippen LogP contribution is 2.44. The first-order valence-corrected chi connectivity index (χ1v) is 9.54. The first-order chi connectivity index (χ1) is 14.7. The summed E-state index contributed by atoms with van der Waals surface area (Å²) in [5, 5.41) is 11.0. The molecule has 2 fully saturated rings. The summed E-state index contributed by atoms with van der Waals surface area (Å²) < 4.78 is 80.2. The van der Waals surface area contributed by atoms with Gasteiger partial charge in [-0.05, 0) is 5.56 Å². The molecule has 4 rings (SSSR count). The number of carbonyl (C=O) groups excluding carboxylic acids is 1. The van der Waals surface area contributed by atoms with Gasteiger partial charge in [0.15, 0.2) is 23.3 Å². The molecular formula is C21H18F5NO4. The Kier molecular flexibility index (Phi) is 5.61.